The minimum atomic E-state index is -0.115. The van der Waals surface area contributed by atoms with Gasteiger partial charge in [-0.25, -0.2) is 0 Å². The van der Waals surface area contributed by atoms with Crippen molar-refractivity contribution in [2.45, 2.75) is 11.8 Å². The molecule has 0 fully saturated rings. The minimum Gasteiger partial charge on any atom is -0.344 e. The molecule has 16 heavy (non-hydrogen) atoms. The van der Waals surface area contributed by atoms with E-state index in [1.54, 1.807) is 0 Å². The molecular formula is C13H12ClNO. The fraction of sp³-hybridized carbons (Fsp3) is 0.308. The smallest absolute Gasteiger partial charge is 0.233 e. The van der Waals surface area contributed by atoms with E-state index in [0.717, 1.165) is 17.1 Å². The van der Waals surface area contributed by atoms with Crippen molar-refractivity contribution < 1.29 is 4.79 Å². The van der Waals surface area contributed by atoms with Gasteiger partial charge in [0.1, 0.15) is 0 Å². The molecule has 1 amide bonds. The van der Waals surface area contributed by atoms with Gasteiger partial charge in [-0.1, -0.05) is 29.8 Å². The largest absolute Gasteiger partial charge is 0.344 e. The molecular weight excluding hydrogens is 222 g/mol. The molecule has 2 unspecified atom stereocenters. The first-order chi connectivity index (χ1) is 7.66. The second-order valence-corrected chi connectivity index (χ2v) is 4.90. The molecule has 2 nitrogen and oxygen atoms in total. The van der Waals surface area contributed by atoms with E-state index in [4.69, 9.17) is 11.6 Å². The number of amides is 1. The number of likely N-dealkylation sites (N-methyl/N-ethyl adjacent to an activating group) is 1. The number of fused-ring (bicyclic) bond motifs is 2. The van der Waals surface area contributed by atoms with E-state index in [1.807, 2.05) is 36.2 Å². The van der Waals surface area contributed by atoms with Crippen molar-refractivity contribution in [2.75, 3.05) is 13.6 Å². The summed E-state index contributed by atoms with van der Waals surface area (Å²) in [6.07, 6.45) is 4.15. The molecule has 0 N–H and O–H groups in total. The maximum Gasteiger partial charge on any atom is 0.233 e. The summed E-state index contributed by atoms with van der Waals surface area (Å²) in [5.74, 6) is 0.359. The summed E-state index contributed by atoms with van der Waals surface area (Å²) < 4.78 is 0. The summed E-state index contributed by atoms with van der Waals surface area (Å²) in [4.78, 5) is 13.9. The first kappa shape index (κ1) is 9.91. The number of benzene rings is 1. The summed E-state index contributed by atoms with van der Waals surface area (Å²) >= 11 is 6.02. The molecule has 0 radical (unpaired) electrons. The third kappa shape index (κ3) is 1.30. The lowest BCUT2D eigenvalue weighted by Gasteiger charge is -2.20. The average Bonchev–Trinajstić information content (AvgIpc) is 2.46. The Balaban J connectivity index is 2.21. The number of nitrogens with zero attached hydrogens (tertiary/aromatic N) is 1. The van der Waals surface area contributed by atoms with Gasteiger partial charge in [-0.3, -0.25) is 4.79 Å². The van der Waals surface area contributed by atoms with Crippen molar-refractivity contribution in [2.24, 2.45) is 0 Å². The fourth-order valence-electron chi connectivity index (χ4n) is 2.60. The minimum absolute atomic E-state index is 0.115. The van der Waals surface area contributed by atoms with Crippen LogP contribution in [0.4, 0.5) is 0 Å². The van der Waals surface area contributed by atoms with Crippen LogP contribution in [0.15, 0.2) is 30.4 Å². The highest BCUT2D eigenvalue weighted by Crippen LogP contribution is 2.39. The first-order valence-corrected chi connectivity index (χ1v) is 5.77. The lowest BCUT2D eigenvalue weighted by molar-refractivity contribution is -0.130. The van der Waals surface area contributed by atoms with Crippen LogP contribution in [0.1, 0.15) is 23.0 Å². The predicted octanol–water partition coefficient (Wildman–Crippen LogP) is 2.55. The van der Waals surface area contributed by atoms with Crippen LogP contribution in [-0.2, 0) is 4.79 Å². The third-order valence-corrected chi connectivity index (χ3v) is 3.67. The van der Waals surface area contributed by atoms with Gasteiger partial charge in [-0.05, 0) is 23.3 Å². The van der Waals surface area contributed by atoms with Crippen LogP contribution in [-0.4, -0.2) is 24.4 Å². The summed E-state index contributed by atoms with van der Waals surface area (Å²) in [6, 6.07) is 5.84. The second kappa shape index (κ2) is 3.36. The van der Waals surface area contributed by atoms with E-state index in [-0.39, 0.29) is 11.8 Å². The number of carbonyl (C=O) groups is 1. The molecule has 4 rings (SSSR count). The third-order valence-electron chi connectivity index (χ3n) is 3.43. The zero-order valence-electron chi connectivity index (χ0n) is 8.98. The van der Waals surface area contributed by atoms with E-state index in [1.165, 1.54) is 5.56 Å². The van der Waals surface area contributed by atoms with Crippen molar-refractivity contribution in [3.8, 4) is 0 Å². The molecule has 2 aliphatic heterocycles. The summed E-state index contributed by atoms with van der Waals surface area (Å²) in [6.45, 7) is 0.749. The average molecular weight is 234 g/mol. The van der Waals surface area contributed by atoms with E-state index < -0.39 is 0 Å². The Hall–Kier alpha value is -1.28. The molecule has 0 saturated heterocycles. The standard InChI is InChI=1S/C13H12ClNO/c1-15-7-8-2-4-11(13(15)16)10-5-3-9(14)6-12(8)10/h2-6,8,11H,7H2,1H3. The summed E-state index contributed by atoms with van der Waals surface area (Å²) in [5.41, 5.74) is 2.32. The van der Waals surface area contributed by atoms with Gasteiger partial charge < -0.3 is 4.90 Å². The summed E-state index contributed by atoms with van der Waals surface area (Å²) in [7, 11) is 1.86. The van der Waals surface area contributed by atoms with Crippen LogP contribution in [0.3, 0.4) is 0 Å². The van der Waals surface area contributed by atoms with Crippen LogP contribution in [0.25, 0.3) is 0 Å². The Bertz CT molecular complexity index is 495. The quantitative estimate of drug-likeness (QED) is 0.631. The number of rotatable bonds is 0. The van der Waals surface area contributed by atoms with E-state index in [2.05, 4.69) is 6.08 Å². The Kier molecular flexibility index (Phi) is 2.08. The Morgan fingerprint density at radius 3 is 2.94 bits per heavy atom. The topological polar surface area (TPSA) is 20.3 Å². The van der Waals surface area contributed by atoms with Gasteiger partial charge in [0.15, 0.2) is 0 Å². The molecule has 2 heterocycles. The van der Waals surface area contributed by atoms with Crippen LogP contribution < -0.4 is 0 Å². The molecule has 1 aromatic rings. The van der Waals surface area contributed by atoms with Crippen LogP contribution in [0.2, 0.25) is 5.02 Å². The number of hydrogen-bond donors (Lipinski definition) is 0. The van der Waals surface area contributed by atoms with E-state index >= 15 is 0 Å². The molecule has 0 aromatic heterocycles. The van der Waals surface area contributed by atoms with Gasteiger partial charge in [0.2, 0.25) is 5.91 Å². The van der Waals surface area contributed by atoms with E-state index in [0.29, 0.717) is 5.92 Å². The Morgan fingerprint density at radius 2 is 2.12 bits per heavy atom. The Labute approximate surface area is 99.5 Å². The van der Waals surface area contributed by atoms with Gasteiger partial charge in [-0.2, -0.15) is 0 Å². The molecule has 1 aliphatic carbocycles. The van der Waals surface area contributed by atoms with Crippen molar-refractivity contribution in [3.05, 3.63) is 46.5 Å². The predicted molar refractivity (Wildman–Crippen MR) is 63.7 cm³/mol. The number of carbonyl (C=O) groups excluding carboxylic acids is 1. The molecule has 2 atom stereocenters. The highest BCUT2D eigenvalue weighted by atomic mass is 35.5. The zero-order valence-corrected chi connectivity index (χ0v) is 9.74. The van der Waals surface area contributed by atoms with Crippen molar-refractivity contribution in [1.29, 1.82) is 0 Å². The van der Waals surface area contributed by atoms with Crippen LogP contribution in [0.5, 0.6) is 0 Å². The van der Waals surface area contributed by atoms with Gasteiger partial charge in [0.05, 0.1) is 5.92 Å². The van der Waals surface area contributed by atoms with E-state index in [9.17, 15) is 4.79 Å². The van der Waals surface area contributed by atoms with Gasteiger partial charge in [0.25, 0.3) is 0 Å². The van der Waals surface area contributed by atoms with Crippen molar-refractivity contribution in [1.82, 2.24) is 4.90 Å². The SMILES string of the molecule is CN1CC2C=CC(C1=O)c1ccc(Cl)cc12. The normalized spacial score (nSPS) is 26.9. The highest BCUT2D eigenvalue weighted by Gasteiger charge is 2.34. The molecule has 3 aliphatic rings. The summed E-state index contributed by atoms with van der Waals surface area (Å²) in [5, 5.41) is 0.745. The number of hydrogen-bond acceptors (Lipinski definition) is 1. The molecule has 3 heteroatoms. The molecule has 2 bridgehead atoms. The van der Waals surface area contributed by atoms with Gasteiger partial charge >= 0.3 is 0 Å². The number of halogens is 1. The van der Waals surface area contributed by atoms with Crippen LogP contribution >= 0.6 is 11.6 Å². The lowest BCUT2D eigenvalue weighted by Crippen LogP contribution is -2.29. The maximum atomic E-state index is 12.1. The van der Waals surface area contributed by atoms with Gasteiger partial charge in [0, 0.05) is 24.5 Å². The van der Waals surface area contributed by atoms with Crippen molar-refractivity contribution >= 4 is 17.5 Å². The monoisotopic (exact) mass is 233 g/mol. The molecule has 82 valence electrons. The molecule has 1 aromatic carbocycles. The second-order valence-electron chi connectivity index (χ2n) is 4.46. The zero-order chi connectivity index (χ0) is 11.3. The molecule has 0 spiro atoms. The van der Waals surface area contributed by atoms with Gasteiger partial charge in [-0.15, -0.1) is 0 Å². The Morgan fingerprint density at radius 1 is 1.31 bits per heavy atom. The first-order valence-electron chi connectivity index (χ1n) is 5.39. The maximum absolute atomic E-state index is 12.1. The fourth-order valence-corrected chi connectivity index (χ4v) is 2.78. The van der Waals surface area contributed by atoms with Crippen molar-refractivity contribution in [3.63, 3.8) is 0 Å². The van der Waals surface area contributed by atoms with Crippen LogP contribution in [0, 0.1) is 0 Å². The lowest BCUT2D eigenvalue weighted by atomic mass is 9.83. The molecule has 0 saturated carbocycles. The highest BCUT2D eigenvalue weighted by molar-refractivity contribution is 6.30.